The number of aryl methyl sites for hydroxylation is 1. The fraction of sp³-hybridized carbons (Fsp3) is 0.158. The van der Waals surface area contributed by atoms with Gasteiger partial charge in [0.15, 0.2) is 5.16 Å². The molecule has 0 aliphatic heterocycles. The predicted octanol–water partition coefficient (Wildman–Crippen LogP) is 3.67. The second-order valence-electron chi connectivity index (χ2n) is 6.00. The number of aromatic amines is 1. The van der Waals surface area contributed by atoms with E-state index in [9.17, 15) is 4.79 Å². The fourth-order valence-electron chi connectivity index (χ4n) is 2.81. The standard InChI is InChI=1S/C19H17N5OS/c1-12-7-3-6-10-16(12)24-11-20-23-19(24)26-13(2)17-21-15-9-5-4-8-14(15)18(25)22-17/h3-11,13H,1-2H3,(H,21,22,25)/t13-/m0/s1. The molecule has 0 saturated carbocycles. The average molecular weight is 363 g/mol. The second-order valence-corrected chi connectivity index (χ2v) is 7.31. The third-order valence-corrected chi connectivity index (χ3v) is 5.26. The lowest BCUT2D eigenvalue weighted by atomic mass is 10.2. The smallest absolute Gasteiger partial charge is 0.258 e. The number of thioether (sulfide) groups is 1. The Morgan fingerprint density at radius 1 is 1.12 bits per heavy atom. The molecule has 0 saturated heterocycles. The Morgan fingerprint density at radius 3 is 2.73 bits per heavy atom. The molecule has 2 aromatic carbocycles. The first kappa shape index (κ1) is 16.5. The Morgan fingerprint density at radius 2 is 1.88 bits per heavy atom. The number of rotatable bonds is 4. The summed E-state index contributed by atoms with van der Waals surface area (Å²) in [5.74, 6) is 0.623. The van der Waals surface area contributed by atoms with Gasteiger partial charge in [0.25, 0.3) is 5.56 Å². The molecule has 6 nitrogen and oxygen atoms in total. The molecule has 7 heteroatoms. The first-order valence-corrected chi connectivity index (χ1v) is 9.13. The minimum Gasteiger partial charge on any atom is -0.309 e. The van der Waals surface area contributed by atoms with Crippen molar-refractivity contribution in [3.05, 3.63) is 76.6 Å². The van der Waals surface area contributed by atoms with E-state index in [1.54, 1.807) is 12.4 Å². The van der Waals surface area contributed by atoms with Crippen LogP contribution in [-0.4, -0.2) is 24.7 Å². The lowest BCUT2D eigenvalue weighted by Crippen LogP contribution is -2.13. The largest absolute Gasteiger partial charge is 0.309 e. The third kappa shape index (κ3) is 3.01. The Hall–Kier alpha value is -2.93. The minimum atomic E-state index is -0.126. The molecule has 0 radical (unpaired) electrons. The lowest BCUT2D eigenvalue weighted by Gasteiger charge is -2.13. The van der Waals surface area contributed by atoms with Crippen LogP contribution in [0.4, 0.5) is 0 Å². The van der Waals surface area contributed by atoms with Gasteiger partial charge in [-0.15, -0.1) is 10.2 Å². The molecule has 26 heavy (non-hydrogen) atoms. The predicted molar refractivity (Wildman–Crippen MR) is 103 cm³/mol. The van der Waals surface area contributed by atoms with E-state index in [-0.39, 0.29) is 10.8 Å². The van der Waals surface area contributed by atoms with Gasteiger partial charge in [-0.2, -0.15) is 0 Å². The van der Waals surface area contributed by atoms with E-state index < -0.39 is 0 Å². The average Bonchev–Trinajstić information content (AvgIpc) is 3.10. The molecule has 1 atom stereocenters. The third-order valence-electron chi connectivity index (χ3n) is 4.19. The first-order valence-electron chi connectivity index (χ1n) is 8.25. The van der Waals surface area contributed by atoms with Gasteiger partial charge in [0, 0.05) is 0 Å². The monoisotopic (exact) mass is 363 g/mol. The number of aromatic nitrogens is 5. The molecule has 1 N–H and O–H groups in total. The van der Waals surface area contributed by atoms with Crippen molar-refractivity contribution in [2.75, 3.05) is 0 Å². The van der Waals surface area contributed by atoms with Crippen LogP contribution in [0.15, 0.2) is 64.8 Å². The van der Waals surface area contributed by atoms with Gasteiger partial charge in [-0.1, -0.05) is 42.1 Å². The van der Waals surface area contributed by atoms with Gasteiger partial charge >= 0.3 is 0 Å². The van der Waals surface area contributed by atoms with E-state index >= 15 is 0 Å². The molecule has 130 valence electrons. The van der Waals surface area contributed by atoms with Crippen molar-refractivity contribution in [3.63, 3.8) is 0 Å². The molecule has 2 heterocycles. The number of fused-ring (bicyclic) bond motifs is 1. The van der Waals surface area contributed by atoms with Crippen molar-refractivity contribution >= 4 is 22.7 Å². The molecular formula is C19H17N5OS. The van der Waals surface area contributed by atoms with Crippen molar-refractivity contribution in [1.82, 2.24) is 24.7 Å². The van der Waals surface area contributed by atoms with Gasteiger partial charge in [-0.3, -0.25) is 9.36 Å². The SMILES string of the molecule is Cc1ccccc1-n1cnnc1S[C@@H](C)c1nc2ccccc2c(=O)[nH]1. The molecular weight excluding hydrogens is 346 g/mol. The van der Waals surface area contributed by atoms with Crippen LogP contribution < -0.4 is 5.56 Å². The molecule has 4 aromatic rings. The maximum Gasteiger partial charge on any atom is 0.258 e. The summed E-state index contributed by atoms with van der Waals surface area (Å²) in [5, 5.41) is 9.56. The Balaban J connectivity index is 1.68. The van der Waals surface area contributed by atoms with Crippen LogP contribution in [0.2, 0.25) is 0 Å². The first-order chi connectivity index (χ1) is 12.6. The van der Waals surface area contributed by atoms with Gasteiger partial charge in [-0.05, 0) is 37.6 Å². The van der Waals surface area contributed by atoms with Gasteiger partial charge in [0.1, 0.15) is 12.2 Å². The number of nitrogens with zero attached hydrogens (tertiary/aromatic N) is 4. The van der Waals surface area contributed by atoms with Crippen LogP contribution in [0.3, 0.4) is 0 Å². The molecule has 0 amide bonds. The quantitative estimate of drug-likeness (QED) is 0.560. The zero-order valence-corrected chi connectivity index (χ0v) is 15.2. The highest BCUT2D eigenvalue weighted by atomic mass is 32.2. The van der Waals surface area contributed by atoms with E-state index in [0.717, 1.165) is 16.4 Å². The number of para-hydroxylation sites is 2. The summed E-state index contributed by atoms with van der Waals surface area (Å²) in [6.07, 6.45) is 1.70. The Kier molecular flexibility index (Phi) is 4.30. The van der Waals surface area contributed by atoms with Gasteiger partial charge in [0.2, 0.25) is 0 Å². The molecule has 0 bridgehead atoms. The highest BCUT2D eigenvalue weighted by Gasteiger charge is 2.17. The minimum absolute atomic E-state index is 0.0840. The summed E-state index contributed by atoms with van der Waals surface area (Å²) >= 11 is 1.51. The Labute approximate surface area is 154 Å². The molecule has 0 aliphatic rings. The summed E-state index contributed by atoms with van der Waals surface area (Å²) in [5.41, 5.74) is 2.74. The van der Waals surface area contributed by atoms with E-state index in [2.05, 4.69) is 33.2 Å². The molecule has 0 unspecified atom stereocenters. The summed E-state index contributed by atoms with van der Waals surface area (Å²) in [6.45, 7) is 4.05. The summed E-state index contributed by atoms with van der Waals surface area (Å²) in [4.78, 5) is 19.8. The van der Waals surface area contributed by atoms with Crippen LogP contribution in [0.25, 0.3) is 16.6 Å². The summed E-state index contributed by atoms with van der Waals surface area (Å²) < 4.78 is 1.95. The highest BCUT2D eigenvalue weighted by molar-refractivity contribution is 7.99. The molecule has 0 fully saturated rings. The molecule has 0 aliphatic carbocycles. The molecule has 4 rings (SSSR count). The van der Waals surface area contributed by atoms with Crippen LogP contribution >= 0.6 is 11.8 Å². The lowest BCUT2D eigenvalue weighted by molar-refractivity contribution is 0.857. The van der Waals surface area contributed by atoms with Crippen LogP contribution in [0, 0.1) is 6.92 Å². The van der Waals surface area contributed by atoms with Crippen molar-refractivity contribution in [2.45, 2.75) is 24.3 Å². The Bertz CT molecular complexity index is 1130. The maximum absolute atomic E-state index is 12.3. The normalized spacial score (nSPS) is 12.4. The van der Waals surface area contributed by atoms with Crippen LogP contribution in [0.1, 0.15) is 23.6 Å². The zero-order valence-electron chi connectivity index (χ0n) is 14.4. The molecule has 2 aromatic heterocycles. The zero-order chi connectivity index (χ0) is 18.1. The van der Waals surface area contributed by atoms with Crippen LogP contribution in [0.5, 0.6) is 0 Å². The van der Waals surface area contributed by atoms with Crippen molar-refractivity contribution in [2.24, 2.45) is 0 Å². The maximum atomic E-state index is 12.3. The summed E-state index contributed by atoms with van der Waals surface area (Å²) in [6, 6.07) is 15.4. The number of nitrogens with one attached hydrogen (secondary N) is 1. The van der Waals surface area contributed by atoms with Crippen molar-refractivity contribution in [1.29, 1.82) is 0 Å². The fourth-order valence-corrected chi connectivity index (χ4v) is 3.71. The van der Waals surface area contributed by atoms with Crippen LogP contribution in [-0.2, 0) is 0 Å². The number of hydrogen-bond acceptors (Lipinski definition) is 5. The van der Waals surface area contributed by atoms with Gasteiger partial charge in [0.05, 0.1) is 21.8 Å². The number of H-pyrrole nitrogens is 1. The van der Waals surface area contributed by atoms with E-state index in [1.165, 1.54) is 11.8 Å². The van der Waals surface area contributed by atoms with E-state index in [0.29, 0.717) is 16.7 Å². The van der Waals surface area contributed by atoms with E-state index in [4.69, 9.17) is 0 Å². The molecule has 0 spiro atoms. The summed E-state index contributed by atoms with van der Waals surface area (Å²) in [7, 11) is 0. The topological polar surface area (TPSA) is 76.5 Å². The van der Waals surface area contributed by atoms with Crippen molar-refractivity contribution in [3.8, 4) is 5.69 Å². The van der Waals surface area contributed by atoms with Gasteiger partial charge < -0.3 is 4.98 Å². The second kappa shape index (κ2) is 6.76. The van der Waals surface area contributed by atoms with E-state index in [1.807, 2.05) is 47.9 Å². The van der Waals surface area contributed by atoms with Crippen molar-refractivity contribution < 1.29 is 0 Å². The highest BCUT2D eigenvalue weighted by Crippen LogP contribution is 2.33. The number of hydrogen-bond donors (Lipinski definition) is 1. The number of benzene rings is 2. The van der Waals surface area contributed by atoms with Gasteiger partial charge in [-0.25, -0.2) is 4.98 Å².